The van der Waals surface area contributed by atoms with Gasteiger partial charge in [-0.05, 0) is 42.5 Å². The molecule has 4 rings (SSSR count). The van der Waals surface area contributed by atoms with E-state index in [9.17, 15) is 22.4 Å². The summed E-state index contributed by atoms with van der Waals surface area (Å²) < 4.78 is 55.5. The molecule has 1 aromatic heterocycles. The van der Waals surface area contributed by atoms with Gasteiger partial charge in [0.25, 0.3) is 0 Å². The summed E-state index contributed by atoms with van der Waals surface area (Å²) >= 11 is 0. The molecule has 180 valence electrons. The van der Waals surface area contributed by atoms with Gasteiger partial charge in [0.15, 0.2) is 5.69 Å². The molecule has 2 N–H and O–H groups in total. The lowest BCUT2D eigenvalue weighted by molar-refractivity contribution is -0.142. The van der Waals surface area contributed by atoms with Crippen LogP contribution in [-0.4, -0.2) is 33.7 Å². The van der Waals surface area contributed by atoms with Crippen molar-refractivity contribution in [3.63, 3.8) is 0 Å². The highest BCUT2D eigenvalue weighted by Gasteiger charge is 2.41. The monoisotopic (exact) mass is 466 g/mol. The normalized spacial score (nSPS) is 18.3. The minimum absolute atomic E-state index is 0.0650. The second kappa shape index (κ2) is 9.83. The van der Waals surface area contributed by atoms with Crippen molar-refractivity contribution >= 4 is 5.91 Å². The maximum Gasteiger partial charge on any atom is 0.435 e. The first kappa shape index (κ1) is 23.7. The Morgan fingerprint density at radius 3 is 2.48 bits per heavy atom. The number of nitrogens with zero attached hydrogens (tertiary/aromatic N) is 3. The molecule has 2 aromatic rings. The Morgan fingerprint density at radius 1 is 1.15 bits per heavy atom. The van der Waals surface area contributed by atoms with Crippen molar-refractivity contribution in [2.75, 3.05) is 13.1 Å². The van der Waals surface area contributed by atoms with Crippen molar-refractivity contribution in [1.82, 2.24) is 14.7 Å². The summed E-state index contributed by atoms with van der Waals surface area (Å²) in [5.41, 5.74) is 6.28. The fourth-order valence-corrected chi connectivity index (χ4v) is 5.22. The van der Waals surface area contributed by atoms with Crippen LogP contribution in [0.5, 0.6) is 0 Å². The van der Waals surface area contributed by atoms with Crippen molar-refractivity contribution in [3.8, 4) is 0 Å². The number of hydrogen-bond donors (Lipinski definition) is 1. The lowest BCUT2D eigenvalue weighted by Crippen LogP contribution is -2.39. The van der Waals surface area contributed by atoms with Crippen molar-refractivity contribution in [3.05, 3.63) is 52.6 Å². The Hall–Kier alpha value is -2.42. The largest absolute Gasteiger partial charge is 0.435 e. The first-order valence-corrected chi connectivity index (χ1v) is 11.6. The summed E-state index contributed by atoms with van der Waals surface area (Å²) in [4.78, 5) is 14.7. The molecule has 0 bridgehead atoms. The number of rotatable bonds is 6. The Balaban J connectivity index is 1.54. The number of halogens is 4. The van der Waals surface area contributed by atoms with E-state index in [1.54, 1.807) is 4.90 Å². The quantitative estimate of drug-likeness (QED) is 0.637. The first-order chi connectivity index (χ1) is 15.8. The third-order valence-corrected chi connectivity index (χ3v) is 7.06. The summed E-state index contributed by atoms with van der Waals surface area (Å²) in [6.45, 7) is 0.837. The third kappa shape index (κ3) is 5.39. The first-order valence-electron chi connectivity index (χ1n) is 11.6. The van der Waals surface area contributed by atoms with Crippen molar-refractivity contribution in [1.29, 1.82) is 0 Å². The van der Waals surface area contributed by atoms with Crippen molar-refractivity contribution in [2.24, 2.45) is 17.6 Å². The number of fused-ring (bicyclic) bond motifs is 1. The Kier molecular flexibility index (Phi) is 7.07. The van der Waals surface area contributed by atoms with E-state index in [2.05, 4.69) is 5.10 Å². The number of amides is 1. The van der Waals surface area contributed by atoms with Crippen LogP contribution >= 0.6 is 0 Å². The SMILES string of the molecule is NCC(CC(=O)N1CCc2c(C(F)(F)F)nn(Cc3ccc(F)cc3)c2C1)C1CCCCC1. The van der Waals surface area contributed by atoms with E-state index in [-0.39, 0.29) is 43.4 Å². The summed E-state index contributed by atoms with van der Waals surface area (Å²) in [7, 11) is 0. The molecule has 1 unspecified atom stereocenters. The fraction of sp³-hybridized carbons (Fsp3) is 0.583. The molecule has 1 fully saturated rings. The molecule has 1 aliphatic heterocycles. The van der Waals surface area contributed by atoms with Crippen LogP contribution in [0, 0.1) is 17.7 Å². The number of benzene rings is 1. The summed E-state index contributed by atoms with van der Waals surface area (Å²) in [5.74, 6) is 0.0640. The predicted molar refractivity (Wildman–Crippen MR) is 116 cm³/mol. The standard InChI is InChI=1S/C24H30F4N4O/c25-19-8-6-16(7-9-19)14-32-21-15-31(11-10-20(21)23(30-32)24(26,27)28)22(33)12-18(13-29)17-4-2-1-3-5-17/h6-9,17-18H,1-5,10-15,29H2. The maximum atomic E-state index is 13.6. The van der Waals surface area contributed by atoms with E-state index >= 15 is 0 Å². The molecule has 33 heavy (non-hydrogen) atoms. The maximum absolute atomic E-state index is 13.6. The number of aromatic nitrogens is 2. The zero-order valence-corrected chi connectivity index (χ0v) is 18.6. The van der Waals surface area contributed by atoms with Gasteiger partial charge in [0.2, 0.25) is 5.91 Å². The highest BCUT2D eigenvalue weighted by molar-refractivity contribution is 5.76. The average Bonchev–Trinajstić information content (AvgIpc) is 3.17. The number of carbonyl (C=O) groups excluding carboxylic acids is 1. The zero-order valence-electron chi connectivity index (χ0n) is 18.6. The Bertz CT molecular complexity index is 964. The lowest BCUT2D eigenvalue weighted by atomic mass is 9.78. The van der Waals surface area contributed by atoms with E-state index in [0.29, 0.717) is 30.1 Å². The van der Waals surface area contributed by atoms with Gasteiger partial charge in [-0.1, -0.05) is 44.2 Å². The fourth-order valence-electron chi connectivity index (χ4n) is 5.22. The van der Waals surface area contributed by atoms with E-state index in [1.165, 1.54) is 35.4 Å². The van der Waals surface area contributed by atoms with Gasteiger partial charge in [-0.3, -0.25) is 9.48 Å². The van der Waals surface area contributed by atoms with Gasteiger partial charge < -0.3 is 10.6 Å². The van der Waals surface area contributed by atoms with Crippen LogP contribution in [0.3, 0.4) is 0 Å². The summed E-state index contributed by atoms with van der Waals surface area (Å²) in [6.07, 6.45) is 1.56. The van der Waals surface area contributed by atoms with Crippen LogP contribution in [0.4, 0.5) is 17.6 Å². The molecule has 2 aliphatic rings. The lowest BCUT2D eigenvalue weighted by Gasteiger charge is -2.33. The molecule has 1 aromatic carbocycles. The highest BCUT2D eigenvalue weighted by atomic mass is 19.4. The van der Waals surface area contributed by atoms with Crippen LogP contribution < -0.4 is 5.73 Å². The van der Waals surface area contributed by atoms with E-state index in [0.717, 1.165) is 25.7 Å². The predicted octanol–water partition coefficient (Wildman–Crippen LogP) is 4.52. The topological polar surface area (TPSA) is 64.2 Å². The number of carbonyl (C=O) groups is 1. The molecule has 1 amide bonds. The van der Waals surface area contributed by atoms with E-state index in [4.69, 9.17) is 5.73 Å². The molecule has 0 radical (unpaired) electrons. The molecule has 0 spiro atoms. The molecule has 9 heteroatoms. The number of hydrogen-bond acceptors (Lipinski definition) is 3. The van der Waals surface area contributed by atoms with Gasteiger partial charge in [0, 0.05) is 18.5 Å². The molecule has 1 aliphatic carbocycles. The molecule has 5 nitrogen and oxygen atoms in total. The Morgan fingerprint density at radius 2 is 1.85 bits per heavy atom. The number of alkyl halides is 3. The molecular formula is C24H30F4N4O. The van der Waals surface area contributed by atoms with Crippen LogP contribution in [0.2, 0.25) is 0 Å². The van der Waals surface area contributed by atoms with Crippen LogP contribution in [0.25, 0.3) is 0 Å². The molecule has 2 heterocycles. The second-order valence-corrected chi connectivity index (χ2v) is 9.22. The number of nitrogens with two attached hydrogens (primary N) is 1. The van der Waals surface area contributed by atoms with E-state index < -0.39 is 17.7 Å². The highest BCUT2D eigenvalue weighted by Crippen LogP contribution is 2.36. The molecule has 1 atom stereocenters. The summed E-state index contributed by atoms with van der Waals surface area (Å²) in [6, 6.07) is 5.59. The second-order valence-electron chi connectivity index (χ2n) is 9.22. The van der Waals surface area contributed by atoms with Gasteiger partial charge in [0.1, 0.15) is 5.82 Å². The van der Waals surface area contributed by atoms with Crippen molar-refractivity contribution < 1.29 is 22.4 Å². The molecule has 1 saturated carbocycles. The van der Waals surface area contributed by atoms with Gasteiger partial charge in [-0.2, -0.15) is 18.3 Å². The van der Waals surface area contributed by atoms with Crippen LogP contribution in [-0.2, 0) is 30.5 Å². The van der Waals surface area contributed by atoms with Gasteiger partial charge >= 0.3 is 6.18 Å². The minimum atomic E-state index is -4.57. The summed E-state index contributed by atoms with van der Waals surface area (Å²) in [5, 5.41) is 3.87. The molecule has 0 saturated heterocycles. The molecular weight excluding hydrogens is 436 g/mol. The minimum Gasteiger partial charge on any atom is -0.336 e. The zero-order chi connectivity index (χ0) is 23.6. The van der Waals surface area contributed by atoms with Crippen LogP contribution in [0.15, 0.2) is 24.3 Å². The Labute approximate surface area is 190 Å². The van der Waals surface area contributed by atoms with Crippen molar-refractivity contribution in [2.45, 2.75) is 64.2 Å². The van der Waals surface area contributed by atoms with Gasteiger partial charge in [-0.15, -0.1) is 0 Å². The van der Waals surface area contributed by atoms with E-state index in [1.807, 2.05) is 0 Å². The van der Waals surface area contributed by atoms with Crippen LogP contribution in [0.1, 0.15) is 61.0 Å². The average molecular weight is 467 g/mol. The van der Waals surface area contributed by atoms with Gasteiger partial charge in [0.05, 0.1) is 18.8 Å². The third-order valence-electron chi connectivity index (χ3n) is 7.06. The smallest absolute Gasteiger partial charge is 0.336 e. The van der Waals surface area contributed by atoms with Gasteiger partial charge in [-0.25, -0.2) is 4.39 Å².